The number of rotatable bonds is 9. The summed E-state index contributed by atoms with van der Waals surface area (Å²) in [6.45, 7) is 13.0. The van der Waals surface area contributed by atoms with E-state index in [1.54, 1.807) is 0 Å². The monoisotopic (exact) mass is 437 g/mol. The third-order valence-electron chi connectivity index (χ3n) is 7.09. The molecule has 2 atom stereocenters. The lowest BCUT2D eigenvalue weighted by molar-refractivity contribution is -0.906. The highest BCUT2D eigenvalue weighted by Crippen LogP contribution is 2.39. The van der Waals surface area contributed by atoms with E-state index in [1.807, 2.05) is 0 Å². The van der Waals surface area contributed by atoms with Crippen LogP contribution in [-0.2, 0) is 0 Å². The number of unbranched alkanes of at least 4 members (excludes halogenated alkanes) is 3. The Morgan fingerprint density at radius 2 is 1.39 bits per heavy atom. The summed E-state index contributed by atoms with van der Waals surface area (Å²) in [7, 11) is 4.96. The van der Waals surface area contributed by atoms with E-state index in [0.717, 1.165) is 11.8 Å². The smallest absolute Gasteiger partial charge is 0.0818 e. The Hall–Kier alpha value is 0.650. The summed E-state index contributed by atoms with van der Waals surface area (Å²) in [6.07, 6.45) is 11.9. The van der Waals surface area contributed by atoms with Crippen LogP contribution in [-0.4, -0.2) is 62.3 Å². The molecular weight excluding hydrogens is 395 g/mol. The van der Waals surface area contributed by atoms with Crippen molar-refractivity contribution in [2.75, 3.05) is 53.4 Å². The number of likely N-dealkylation sites (tertiary alicyclic amines) is 1. The second-order valence-corrected chi connectivity index (χ2v) is 8.90. The molecular formula is C20H42IN2+. The third kappa shape index (κ3) is 6.47. The van der Waals surface area contributed by atoms with E-state index < -0.39 is 0 Å². The van der Waals surface area contributed by atoms with E-state index in [1.165, 1.54) is 99.6 Å². The molecule has 0 N–H and O–H groups in total. The van der Waals surface area contributed by atoms with Crippen molar-refractivity contribution in [1.82, 2.24) is 0 Å². The standard InChI is InChI=1S/C20H42N2.HI/c1-5-21(3,6-2)15-11-7-8-12-16-22(4)17-19-13-9-10-14-20(19)18-22;/h19-20H,5-18H2,1-4H3;1H/q+2;/p-1. The predicted octanol–water partition coefficient (Wildman–Crippen LogP) is 1.30. The van der Waals surface area contributed by atoms with Gasteiger partial charge < -0.3 is 32.9 Å². The van der Waals surface area contributed by atoms with Crippen LogP contribution < -0.4 is 24.0 Å². The average molecular weight is 437 g/mol. The van der Waals surface area contributed by atoms with Crippen LogP contribution in [0.2, 0.25) is 0 Å². The summed E-state index contributed by atoms with van der Waals surface area (Å²) >= 11 is 0. The normalized spacial score (nSPS) is 30.8. The van der Waals surface area contributed by atoms with Crippen LogP contribution in [0.3, 0.4) is 0 Å². The molecule has 0 aromatic heterocycles. The van der Waals surface area contributed by atoms with E-state index in [2.05, 4.69) is 27.9 Å². The molecule has 1 saturated carbocycles. The molecule has 2 aliphatic rings. The fourth-order valence-electron chi connectivity index (χ4n) is 5.04. The van der Waals surface area contributed by atoms with Gasteiger partial charge in [-0.1, -0.05) is 12.8 Å². The van der Waals surface area contributed by atoms with Gasteiger partial charge in [-0.15, -0.1) is 0 Å². The molecule has 2 rings (SSSR count). The van der Waals surface area contributed by atoms with Crippen LogP contribution in [0.15, 0.2) is 0 Å². The SMILES string of the molecule is CC[N+](C)(CC)CCCCCC[N+]1(C)CC2CCCCC2C1.[I-]. The summed E-state index contributed by atoms with van der Waals surface area (Å²) in [4.78, 5) is 0. The topological polar surface area (TPSA) is 0 Å². The number of halogens is 1. The van der Waals surface area contributed by atoms with Gasteiger partial charge in [0.2, 0.25) is 0 Å². The van der Waals surface area contributed by atoms with Gasteiger partial charge in [-0.3, -0.25) is 0 Å². The van der Waals surface area contributed by atoms with E-state index in [0.29, 0.717) is 0 Å². The van der Waals surface area contributed by atoms with Gasteiger partial charge in [-0.25, -0.2) is 0 Å². The molecule has 0 bridgehead atoms. The highest BCUT2D eigenvalue weighted by atomic mass is 127. The van der Waals surface area contributed by atoms with Crippen LogP contribution in [0.25, 0.3) is 0 Å². The molecule has 0 amide bonds. The number of nitrogens with zero attached hydrogens (tertiary/aromatic N) is 2. The zero-order valence-electron chi connectivity index (χ0n) is 16.3. The van der Waals surface area contributed by atoms with E-state index >= 15 is 0 Å². The second kappa shape index (κ2) is 9.96. The number of hydrogen-bond donors (Lipinski definition) is 0. The Labute approximate surface area is 163 Å². The summed E-state index contributed by atoms with van der Waals surface area (Å²) in [5.41, 5.74) is 0. The minimum atomic E-state index is 0. The molecule has 0 aromatic carbocycles. The first-order valence-corrected chi connectivity index (χ1v) is 10.2. The molecule has 23 heavy (non-hydrogen) atoms. The summed E-state index contributed by atoms with van der Waals surface area (Å²) in [5.74, 6) is 2.15. The van der Waals surface area contributed by atoms with Crippen molar-refractivity contribution < 1.29 is 32.9 Å². The van der Waals surface area contributed by atoms with Crippen molar-refractivity contribution in [3.63, 3.8) is 0 Å². The van der Waals surface area contributed by atoms with Crippen LogP contribution in [0, 0.1) is 11.8 Å². The highest BCUT2D eigenvalue weighted by Gasteiger charge is 2.42. The van der Waals surface area contributed by atoms with Crippen LogP contribution in [0.1, 0.15) is 65.2 Å². The maximum atomic E-state index is 2.54. The Balaban J connectivity index is 0.00000264. The van der Waals surface area contributed by atoms with Gasteiger partial charge in [-0.2, -0.15) is 0 Å². The minimum absolute atomic E-state index is 0. The molecule has 1 saturated heterocycles. The first kappa shape index (κ1) is 21.7. The molecule has 138 valence electrons. The van der Waals surface area contributed by atoms with Gasteiger partial charge in [0, 0.05) is 11.8 Å². The lowest BCUT2D eigenvalue weighted by Gasteiger charge is -2.32. The zero-order chi connectivity index (χ0) is 16.1. The van der Waals surface area contributed by atoms with Crippen molar-refractivity contribution in [2.24, 2.45) is 11.8 Å². The van der Waals surface area contributed by atoms with Crippen molar-refractivity contribution in [1.29, 1.82) is 0 Å². The number of quaternary nitrogens is 2. The van der Waals surface area contributed by atoms with E-state index in [4.69, 9.17) is 0 Å². The quantitative estimate of drug-likeness (QED) is 0.290. The summed E-state index contributed by atoms with van der Waals surface area (Å²) in [5, 5.41) is 0. The maximum absolute atomic E-state index is 2.54. The zero-order valence-corrected chi connectivity index (χ0v) is 18.5. The molecule has 0 radical (unpaired) electrons. The Kier molecular flexibility index (Phi) is 9.39. The van der Waals surface area contributed by atoms with Crippen molar-refractivity contribution in [2.45, 2.75) is 65.2 Å². The van der Waals surface area contributed by atoms with Crippen LogP contribution >= 0.6 is 0 Å². The average Bonchev–Trinajstić information content (AvgIpc) is 2.86. The van der Waals surface area contributed by atoms with Crippen molar-refractivity contribution in [3.8, 4) is 0 Å². The third-order valence-corrected chi connectivity index (χ3v) is 7.09. The predicted molar refractivity (Wildman–Crippen MR) is 96.8 cm³/mol. The fraction of sp³-hybridized carbons (Fsp3) is 1.00. The van der Waals surface area contributed by atoms with Crippen LogP contribution in [0.5, 0.6) is 0 Å². The van der Waals surface area contributed by atoms with E-state index in [-0.39, 0.29) is 24.0 Å². The van der Waals surface area contributed by atoms with E-state index in [9.17, 15) is 0 Å². The van der Waals surface area contributed by atoms with Gasteiger partial charge in [0.1, 0.15) is 0 Å². The molecule has 2 unspecified atom stereocenters. The largest absolute Gasteiger partial charge is 1.00 e. The Morgan fingerprint density at radius 1 is 0.870 bits per heavy atom. The summed E-state index contributed by atoms with van der Waals surface area (Å²) in [6, 6.07) is 0. The number of hydrogen-bond acceptors (Lipinski definition) is 0. The number of fused-ring (bicyclic) bond motifs is 1. The first-order chi connectivity index (χ1) is 10.5. The van der Waals surface area contributed by atoms with Crippen LogP contribution in [0.4, 0.5) is 0 Å². The molecule has 0 spiro atoms. The van der Waals surface area contributed by atoms with Crippen molar-refractivity contribution in [3.05, 3.63) is 0 Å². The fourth-order valence-corrected chi connectivity index (χ4v) is 5.04. The van der Waals surface area contributed by atoms with Gasteiger partial charge >= 0.3 is 0 Å². The lowest BCUT2D eigenvalue weighted by Crippen LogP contribution is -3.00. The second-order valence-electron chi connectivity index (χ2n) is 8.90. The minimum Gasteiger partial charge on any atom is -1.00 e. The highest BCUT2D eigenvalue weighted by molar-refractivity contribution is 4.80. The molecule has 1 heterocycles. The van der Waals surface area contributed by atoms with Gasteiger partial charge in [0.25, 0.3) is 0 Å². The molecule has 0 aromatic rings. The molecule has 2 fully saturated rings. The maximum Gasteiger partial charge on any atom is 0.0818 e. The van der Waals surface area contributed by atoms with Gasteiger partial charge in [0.15, 0.2) is 0 Å². The Bertz CT molecular complexity index is 314. The van der Waals surface area contributed by atoms with Gasteiger partial charge in [-0.05, 0) is 52.4 Å². The van der Waals surface area contributed by atoms with Gasteiger partial charge in [0.05, 0.1) is 53.4 Å². The lowest BCUT2D eigenvalue weighted by atomic mass is 9.82. The Morgan fingerprint density at radius 3 is 1.91 bits per heavy atom. The molecule has 1 aliphatic carbocycles. The molecule has 3 heteroatoms. The molecule has 1 aliphatic heterocycles. The van der Waals surface area contributed by atoms with Crippen molar-refractivity contribution >= 4 is 0 Å². The first-order valence-electron chi connectivity index (χ1n) is 10.2. The summed E-state index contributed by atoms with van der Waals surface area (Å²) < 4.78 is 2.66. The molecule has 2 nitrogen and oxygen atoms in total.